The lowest BCUT2D eigenvalue weighted by Crippen LogP contribution is -2.54. The quantitative estimate of drug-likeness (QED) is 0.370. The Morgan fingerprint density at radius 3 is 2.52 bits per heavy atom. The van der Waals surface area contributed by atoms with E-state index >= 15 is 0 Å². The van der Waals surface area contributed by atoms with Crippen molar-refractivity contribution in [3.8, 4) is 0 Å². The topological polar surface area (TPSA) is 70.3 Å². The van der Waals surface area contributed by atoms with E-state index in [-0.39, 0.29) is 5.91 Å². The predicted octanol–water partition coefficient (Wildman–Crippen LogP) is 2.35. The number of furan rings is 1. The SMILES string of the molecule is CN=C(NCCOC1CCCCCC1)N1CCN(C(=O)c2ccco2)CC1. The van der Waals surface area contributed by atoms with E-state index in [9.17, 15) is 4.79 Å². The highest BCUT2D eigenvalue weighted by atomic mass is 16.5. The second-order valence-electron chi connectivity index (χ2n) is 7.21. The molecule has 1 aliphatic carbocycles. The van der Waals surface area contributed by atoms with Crippen molar-refractivity contribution in [1.82, 2.24) is 15.1 Å². The van der Waals surface area contributed by atoms with Crippen molar-refractivity contribution >= 4 is 11.9 Å². The molecule has 1 aromatic heterocycles. The van der Waals surface area contributed by atoms with Gasteiger partial charge in [0.05, 0.1) is 19.0 Å². The second-order valence-corrected chi connectivity index (χ2v) is 7.21. The van der Waals surface area contributed by atoms with E-state index in [2.05, 4.69) is 15.2 Å². The maximum Gasteiger partial charge on any atom is 0.289 e. The lowest BCUT2D eigenvalue weighted by Gasteiger charge is -2.36. The number of ether oxygens (including phenoxy) is 1. The number of nitrogens with one attached hydrogen (secondary N) is 1. The van der Waals surface area contributed by atoms with Crippen LogP contribution in [0.4, 0.5) is 0 Å². The molecule has 1 N–H and O–H groups in total. The van der Waals surface area contributed by atoms with Crippen molar-refractivity contribution < 1.29 is 13.9 Å². The van der Waals surface area contributed by atoms with E-state index in [0.717, 1.165) is 25.6 Å². The van der Waals surface area contributed by atoms with E-state index in [4.69, 9.17) is 9.15 Å². The van der Waals surface area contributed by atoms with Crippen LogP contribution < -0.4 is 5.32 Å². The number of carbonyl (C=O) groups excluding carboxylic acids is 1. The van der Waals surface area contributed by atoms with E-state index in [1.165, 1.54) is 44.8 Å². The molecule has 0 atom stereocenters. The minimum absolute atomic E-state index is 0.0422. The average molecular weight is 377 g/mol. The average Bonchev–Trinajstić information content (AvgIpc) is 3.12. The number of aliphatic imine (C=N–C) groups is 1. The highest BCUT2D eigenvalue weighted by Crippen LogP contribution is 2.19. The number of rotatable bonds is 5. The molecule has 7 heteroatoms. The highest BCUT2D eigenvalue weighted by molar-refractivity contribution is 5.91. The molecule has 2 aliphatic rings. The summed E-state index contributed by atoms with van der Waals surface area (Å²) in [5.41, 5.74) is 0. The van der Waals surface area contributed by atoms with Gasteiger partial charge in [0.2, 0.25) is 0 Å². The fourth-order valence-electron chi connectivity index (χ4n) is 3.81. The molecule has 0 bridgehead atoms. The van der Waals surface area contributed by atoms with E-state index in [1.807, 2.05) is 4.90 Å². The predicted molar refractivity (Wildman–Crippen MR) is 105 cm³/mol. The molecule has 150 valence electrons. The Bertz CT molecular complexity index is 586. The van der Waals surface area contributed by atoms with Crippen LogP contribution in [0.1, 0.15) is 49.1 Å². The lowest BCUT2D eigenvalue weighted by molar-refractivity contribution is 0.0463. The molecule has 1 saturated carbocycles. The summed E-state index contributed by atoms with van der Waals surface area (Å²) in [5.74, 6) is 1.24. The Morgan fingerprint density at radius 1 is 1.19 bits per heavy atom. The molecule has 7 nitrogen and oxygen atoms in total. The zero-order valence-corrected chi connectivity index (χ0v) is 16.4. The Balaban J connectivity index is 1.36. The molecule has 0 unspecified atom stereocenters. The van der Waals surface area contributed by atoms with Gasteiger partial charge in [0.25, 0.3) is 5.91 Å². The zero-order valence-electron chi connectivity index (χ0n) is 16.4. The first-order valence-electron chi connectivity index (χ1n) is 10.2. The Hall–Kier alpha value is -2.02. The van der Waals surface area contributed by atoms with E-state index < -0.39 is 0 Å². The molecule has 0 aromatic carbocycles. The molecule has 1 aromatic rings. The molecule has 1 aliphatic heterocycles. The lowest BCUT2D eigenvalue weighted by atomic mass is 10.1. The molecule has 0 radical (unpaired) electrons. The largest absolute Gasteiger partial charge is 0.459 e. The molecular formula is C20H32N4O3. The van der Waals surface area contributed by atoms with Gasteiger partial charge in [-0.25, -0.2) is 0 Å². The summed E-state index contributed by atoms with van der Waals surface area (Å²) in [6, 6.07) is 3.45. The minimum atomic E-state index is -0.0422. The maximum atomic E-state index is 12.3. The van der Waals surface area contributed by atoms with Crippen molar-refractivity contribution in [1.29, 1.82) is 0 Å². The first-order chi connectivity index (χ1) is 13.3. The number of hydrogen-bond donors (Lipinski definition) is 1. The van der Waals surface area contributed by atoms with Crippen LogP contribution in [0.3, 0.4) is 0 Å². The van der Waals surface area contributed by atoms with Gasteiger partial charge in [0, 0.05) is 39.8 Å². The van der Waals surface area contributed by atoms with Gasteiger partial charge in [-0.3, -0.25) is 9.79 Å². The number of nitrogens with zero attached hydrogens (tertiary/aromatic N) is 3. The summed E-state index contributed by atoms with van der Waals surface area (Å²) in [4.78, 5) is 20.8. The van der Waals surface area contributed by atoms with Crippen LogP contribution in [0.15, 0.2) is 27.8 Å². The van der Waals surface area contributed by atoms with Gasteiger partial charge in [-0.15, -0.1) is 0 Å². The fourth-order valence-corrected chi connectivity index (χ4v) is 3.81. The number of guanidine groups is 1. The summed E-state index contributed by atoms with van der Waals surface area (Å²) in [5, 5.41) is 3.39. The van der Waals surface area contributed by atoms with Crippen LogP contribution in [0.25, 0.3) is 0 Å². The van der Waals surface area contributed by atoms with E-state index in [1.54, 1.807) is 19.2 Å². The first kappa shape index (κ1) is 19.7. The first-order valence-corrected chi connectivity index (χ1v) is 10.2. The van der Waals surface area contributed by atoms with Crippen molar-refractivity contribution in [2.24, 2.45) is 4.99 Å². The zero-order chi connectivity index (χ0) is 18.9. The Labute approximate surface area is 161 Å². The Morgan fingerprint density at radius 2 is 1.89 bits per heavy atom. The van der Waals surface area contributed by atoms with Gasteiger partial charge in [-0.05, 0) is 25.0 Å². The van der Waals surface area contributed by atoms with Crippen LogP contribution in [0.2, 0.25) is 0 Å². The third-order valence-corrected chi connectivity index (χ3v) is 5.35. The van der Waals surface area contributed by atoms with Crippen LogP contribution in [-0.4, -0.2) is 74.1 Å². The number of amides is 1. The van der Waals surface area contributed by atoms with E-state index in [0.29, 0.717) is 31.6 Å². The van der Waals surface area contributed by atoms with Gasteiger partial charge in [-0.1, -0.05) is 25.7 Å². The molecule has 1 saturated heterocycles. The van der Waals surface area contributed by atoms with Crippen molar-refractivity contribution in [3.63, 3.8) is 0 Å². The third-order valence-electron chi connectivity index (χ3n) is 5.35. The van der Waals surface area contributed by atoms with Gasteiger partial charge < -0.3 is 24.3 Å². The van der Waals surface area contributed by atoms with Crippen LogP contribution in [0.5, 0.6) is 0 Å². The molecule has 1 amide bonds. The maximum absolute atomic E-state index is 12.3. The highest BCUT2D eigenvalue weighted by Gasteiger charge is 2.25. The summed E-state index contributed by atoms with van der Waals surface area (Å²) in [6.07, 6.45) is 9.62. The summed E-state index contributed by atoms with van der Waals surface area (Å²) in [6.45, 7) is 4.32. The molecule has 2 heterocycles. The standard InChI is InChI=1S/C20H32N4O3/c1-21-20(22-10-16-26-17-7-4-2-3-5-8-17)24-13-11-23(12-14-24)19(25)18-9-6-15-27-18/h6,9,15,17H,2-5,7-8,10-14,16H2,1H3,(H,21,22). The molecule has 3 rings (SSSR count). The van der Waals surface area contributed by atoms with Crippen molar-refractivity contribution in [2.45, 2.75) is 44.6 Å². The van der Waals surface area contributed by atoms with Gasteiger partial charge in [-0.2, -0.15) is 0 Å². The van der Waals surface area contributed by atoms with Crippen LogP contribution >= 0.6 is 0 Å². The number of carbonyl (C=O) groups is 1. The monoisotopic (exact) mass is 376 g/mol. The number of hydrogen-bond acceptors (Lipinski definition) is 4. The van der Waals surface area contributed by atoms with Gasteiger partial charge in [0.1, 0.15) is 0 Å². The molecular weight excluding hydrogens is 344 g/mol. The Kier molecular flexibility index (Phi) is 7.56. The molecule has 0 spiro atoms. The summed E-state index contributed by atoms with van der Waals surface area (Å²) >= 11 is 0. The van der Waals surface area contributed by atoms with Gasteiger partial charge >= 0.3 is 0 Å². The normalized spacial score (nSPS) is 19.8. The van der Waals surface area contributed by atoms with Crippen LogP contribution in [0, 0.1) is 0 Å². The summed E-state index contributed by atoms with van der Waals surface area (Å²) in [7, 11) is 1.80. The molecule has 2 fully saturated rings. The van der Waals surface area contributed by atoms with Crippen molar-refractivity contribution in [2.75, 3.05) is 46.4 Å². The summed E-state index contributed by atoms with van der Waals surface area (Å²) < 4.78 is 11.2. The van der Waals surface area contributed by atoms with Gasteiger partial charge in [0.15, 0.2) is 11.7 Å². The smallest absolute Gasteiger partial charge is 0.289 e. The fraction of sp³-hybridized carbons (Fsp3) is 0.700. The van der Waals surface area contributed by atoms with Crippen LogP contribution in [-0.2, 0) is 4.74 Å². The third kappa shape index (κ3) is 5.73. The second kappa shape index (κ2) is 10.3. The molecule has 27 heavy (non-hydrogen) atoms. The minimum Gasteiger partial charge on any atom is -0.459 e. The number of piperazine rings is 1. The van der Waals surface area contributed by atoms with Crippen molar-refractivity contribution in [3.05, 3.63) is 24.2 Å².